The van der Waals surface area contributed by atoms with E-state index in [0.29, 0.717) is 12.4 Å². The van der Waals surface area contributed by atoms with E-state index in [4.69, 9.17) is 9.72 Å². The smallest absolute Gasteiger partial charge is 0.269 e. The van der Waals surface area contributed by atoms with Gasteiger partial charge in [-0.3, -0.25) is 10.1 Å². The highest BCUT2D eigenvalue weighted by Crippen LogP contribution is 2.29. The minimum atomic E-state index is -0.406. The van der Waals surface area contributed by atoms with Crippen molar-refractivity contribution in [2.75, 3.05) is 24.6 Å². The number of aryl methyl sites for hydroxylation is 1. The van der Waals surface area contributed by atoms with Gasteiger partial charge < -0.3 is 9.64 Å². The van der Waals surface area contributed by atoms with Crippen molar-refractivity contribution in [1.29, 1.82) is 0 Å². The zero-order valence-electron chi connectivity index (χ0n) is 15.4. The topological polar surface area (TPSA) is 81.4 Å². The predicted molar refractivity (Wildman–Crippen MR) is 109 cm³/mol. The first-order chi connectivity index (χ1) is 13.6. The van der Waals surface area contributed by atoms with Gasteiger partial charge >= 0.3 is 0 Å². The molecule has 0 amide bonds. The Morgan fingerprint density at radius 2 is 2.11 bits per heavy atom. The fourth-order valence-corrected chi connectivity index (χ4v) is 3.96. The summed E-state index contributed by atoms with van der Waals surface area (Å²) in [4.78, 5) is 23.3. The molecule has 28 heavy (non-hydrogen) atoms. The number of aromatic nitrogens is 2. The third-order valence-electron chi connectivity index (χ3n) is 4.72. The van der Waals surface area contributed by atoms with E-state index in [9.17, 15) is 10.1 Å². The molecule has 1 aliphatic heterocycles. The molecular weight excluding hydrogens is 376 g/mol. The molecule has 2 aromatic heterocycles. The van der Waals surface area contributed by atoms with Crippen LogP contribution in [0.15, 0.2) is 47.8 Å². The summed E-state index contributed by atoms with van der Waals surface area (Å²) in [5.74, 6) is 1.45. The van der Waals surface area contributed by atoms with E-state index in [2.05, 4.69) is 28.3 Å². The molecule has 0 bridgehead atoms. The summed E-state index contributed by atoms with van der Waals surface area (Å²) in [6.07, 6.45) is 0.824. The fourth-order valence-electron chi connectivity index (χ4n) is 3.19. The zero-order chi connectivity index (χ0) is 19.5. The van der Waals surface area contributed by atoms with Crippen LogP contribution in [-0.2, 0) is 11.2 Å². The number of morpholine rings is 1. The van der Waals surface area contributed by atoms with Gasteiger partial charge in [0.05, 0.1) is 18.1 Å². The average Bonchev–Trinajstić information content (AvgIpc) is 3.28. The van der Waals surface area contributed by atoms with Gasteiger partial charge in [0.25, 0.3) is 5.69 Å². The number of non-ortho nitro benzene ring substituents is 1. The summed E-state index contributed by atoms with van der Waals surface area (Å²) in [5.41, 5.74) is 1.77. The van der Waals surface area contributed by atoms with Crippen molar-refractivity contribution in [2.24, 2.45) is 0 Å². The Labute approximate surface area is 166 Å². The number of nitro benzene ring substituents is 1. The van der Waals surface area contributed by atoms with Gasteiger partial charge in [-0.15, -0.1) is 11.3 Å². The Hall–Kier alpha value is -2.84. The number of benzene rings is 1. The van der Waals surface area contributed by atoms with Crippen LogP contribution < -0.4 is 4.90 Å². The summed E-state index contributed by atoms with van der Waals surface area (Å²) in [7, 11) is 0. The highest BCUT2D eigenvalue weighted by atomic mass is 32.1. The van der Waals surface area contributed by atoms with Crippen LogP contribution in [0.4, 0.5) is 11.5 Å². The number of hydrogen-bond acceptors (Lipinski definition) is 7. The van der Waals surface area contributed by atoms with E-state index in [-0.39, 0.29) is 11.8 Å². The van der Waals surface area contributed by atoms with Crippen LogP contribution in [-0.4, -0.2) is 34.6 Å². The van der Waals surface area contributed by atoms with Crippen LogP contribution in [0.25, 0.3) is 11.4 Å². The summed E-state index contributed by atoms with van der Waals surface area (Å²) in [6, 6.07) is 12.5. The quantitative estimate of drug-likeness (QED) is 0.474. The highest BCUT2D eigenvalue weighted by molar-refractivity contribution is 7.10. The first-order valence-corrected chi connectivity index (χ1v) is 10.0. The van der Waals surface area contributed by atoms with Crippen LogP contribution in [0.2, 0.25) is 0 Å². The van der Waals surface area contributed by atoms with Gasteiger partial charge in [-0.1, -0.05) is 13.0 Å². The number of hydrogen-bond donors (Lipinski definition) is 0. The van der Waals surface area contributed by atoms with E-state index < -0.39 is 4.92 Å². The molecule has 4 rings (SSSR count). The molecule has 1 atom stereocenters. The lowest BCUT2D eigenvalue weighted by Crippen LogP contribution is -2.38. The van der Waals surface area contributed by atoms with Gasteiger partial charge in [0.1, 0.15) is 11.9 Å². The lowest BCUT2D eigenvalue weighted by Gasteiger charge is -2.33. The molecule has 1 aliphatic rings. The Morgan fingerprint density at radius 1 is 1.29 bits per heavy atom. The zero-order valence-corrected chi connectivity index (χ0v) is 16.3. The normalized spacial score (nSPS) is 16.9. The standard InChI is InChI=1S/C20H20N4O3S/c1-2-15-12-19(23-9-10-27-17(13-23)18-4-3-11-28-18)22-20(21-15)14-5-7-16(8-6-14)24(25)26/h3-8,11-12,17H,2,9-10,13H2,1H3. The fraction of sp³-hybridized carbons (Fsp3) is 0.300. The molecule has 0 aliphatic carbocycles. The van der Waals surface area contributed by atoms with Gasteiger partial charge in [-0.2, -0.15) is 0 Å². The van der Waals surface area contributed by atoms with Crippen LogP contribution in [0.5, 0.6) is 0 Å². The molecule has 144 valence electrons. The second kappa shape index (κ2) is 8.04. The van der Waals surface area contributed by atoms with E-state index in [0.717, 1.165) is 36.6 Å². The largest absolute Gasteiger partial charge is 0.369 e. The average molecular weight is 396 g/mol. The van der Waals surface area contributed by atoms with Gasteiger partial charge in [-0.05, 0) is 30.0 Å². The Morgan fingerprint density at radius 3 is 2.79 bits per heavy atom. The SMILES string of the molecule is CCc1cc(N2CCOC(c3cccs3)C2)nc(-c2ccc([N+](=O)[O-])cc2)n1. The van der Waals surface area contributed by atoms with Crippen molar-refractivity contribution in [3.05, 3.63) is 68.5 Å². The summed E-state index contributed by atoms with van der Waals surface area (Å²) in [6.45, 7) is 4.20. The summed E-state index contributed by atoms with van der Waals surface area (Å²) >= 11 is 1.70. The van der Waals surface area contributed by atoms with Crippen molar-refractivity contribution in [3.63, 3.8) is 0 Å². The Kier molecular flexibility index (Phi) is 5.31. The number of nitrogens with zero attached hydrogens (tertiary/aromatic N) is 4. The van der Waals surface area contributed by atoms with Gasteiger partial charge in [0, 0.05) is 40.9 Å². The van der Waals surface area contributed by atoms with Crippen molar-refractivity contribution in [3.8, 4) is 11.4 Å². The van der Waals surface area contributed by atoms with Gasteiger partial charge in [0.15, 0.2) is 5.82 Å². The molecule has 1 unspecified atom stereocenters. The number of rotatable bonds is 5. The van der Waals surface area contributed by atoms with E-state index >= 15 is 0 Å². The highest BCUT2D eigenvalue weighted by Gasteiger charge is 2.24. The lowest BCUT2D eigenvalue weighted by molar-refractivity contribution is -0.384. The first kappa shape index (κ1) is 18.5. The molecule has 3 aromatic rings. The number of ether oxygens (including phenoxy) is 1. The molecule has 1 fully saturated rings. The molecule has 7 nitrogen and oxygen atoms in total. The molecular formula is C20H20N4O3S. The Bertz CT molecular complexity index is 960. The van der Waals surface area contributed by atoms with Crippen molar-refractivity contribution < 1.29 is 9.66 Å². The maximum Gasteiger partial charge on any atom is 0.269 e. The first-order valence-electron chi connectivity index (χ1n) is 9.17. The van der Waals surface area contributed by atoms with Crippen molar-refractivity contribution in [1.82, 2.24) is 9.97 Å². The summed E-state index contributed by atoms with van der Waals surface area (Å²) < 4.78 is 5.94. The molecule has 0 spiro atoms. The second-order valence-electron chi connectivity index (χ2n) is 6.52. The molecule has 1 aromatic carbocycles. The van der Waals surface area contributed by atoms with Gasteiger partial charge in [-0.25, -0.2) is 9.97 Å². The molecule has 1 saturated heterocycles. The molecule has 0 N–H and O–H groups in total. The van der Waals surface area contributed by atoms with Crippen LogP contribution >= 0.6 is 11.3 Å². The monoisotopic (exact) mass is 396 g/mol. The van der Waals surface area contributed by atoms with Crippen LogP contribution in [0.1, 0.15) is 23.6 Å². The minimum Gasteiger partial charge on any atom is -0.369 e. The van der Waals surface area contributed by atoms with Crippen molar-refractivity contribution >= 4 is 22.8 Å². The van der Waals surface area contributed by atoms with Crippen LogP contribution in [0, 0.1) is 10.1 Å². The van der Waals surface area contributed by atoms with E-state index in [1.807, 2.05) is 12.1 Å². The summed E-state index contributed by atoms with van der Waals surface area (Å²) in [5, 5.41) is 13.0. The maximum absolute atomic E-state index is 10.9. The van der Waals surface area contributed by atoms with E-state index in [1.54, 1.807) is 23.5 Å². The number of thiophene rings is 1. The molecule has 8 heteroatoms. The number of nitro groups is 1. The Balaban J connectivity index is 1.64. The maximum atomic E-state index is 10.9. The minimum absolute atomic E-state index is 0.0385. The third kappa shape index (κ3) is 3.88. The lowest BCUT2D eigenvalue weighted by atomic mass is 10.1. The van der Waals surface area contributed by atoms with Crippen LogP contribution in [0.3, 0.4) is 0 Å². The predicted octanol–water partition coefficient (Wildman–Crippen LogP) is 4.25. The second-order valence-corrected chi connectivity index (χ2v) is 7.50. The van der Waals surface area contributed by atoms with E-state index in [1.165, 1.54) is 17.0 Å². The molecule has 3 heterocycles. The molecule has 0 saturated carbocycles. The van der Waals surface area contributed by atoms with Crippen molar-refractivity contribution in [2.45, 2.75) is 19.4 Å². The molecule has 0 radical (unpaired) electrons. The third-order valence-corrected chi connectivity index (χ3v) is 5.68. The number of anilines is 1. The van der Waals surface area contributed by atoms with Gasteiger partial charge in [0.2, 0.25) is 0 Å².